The maximum absolute atomic E-state index is 12.4. The van der Waals surface area contributed by atoms with Crippen LogP contribution in [-0.2, 0) is 0 Å². The number of benzene rings is 3. The lowest BCUT2D eigenvalue weighted by Gasteiger charge is -2.11. The van der Waals surface area contributed by atoms with E-state index < -0.39 is 5.97 Å². The SMILES string of the molecule is CCOc1cc(/C=N\Nc2nc(-c3ccccc3)cs2)ccc1OC(=O)c1ccccc1. The predicted octanol–water partition coefficient (Wildman–Crippen LogP) is 5.87. The molecule has 160 valence electrons. The first kappa shape index (κ1) is 21.3. The van der Waals surface area contributed by atoms with Gasteiger partial charge >= 0.3 is 5.97 Å². The van der Waals surface area contributed by atoms with Crippen LogP contribution in [0, 0.1) is 0 Å². The molecule has 0 saturated heterocycles. The molecule has 7 heteroatoms. The van der Waals surface area contributed by atoms with Crippen molar-refractivity contribution < 1.29 is 14.3 Å². The first-order valence-corrected chi connectivity index (χ1v) is 10.9. The molecule has 1 N–H and O–H groups in total. The van der Waals surface area contributed by atoms with Crippen LogP contribution in [0.4, 0.5) is 5.13 Å². The third kappa shape index (κ3) is 5.39. The number of nitrogens with zero attached hydrogens (tertiary/aromatic N) is 2. The zero-order chi connectivity index (χ0) is 22.2. The first-order chi connectivity index (χ1) is 15.7. The van der Waals surface area contributed by atoms with E-state index in [0.717, 1.165) is 16.8 Å². The number of carbonyl (C=O) groups is 1. The molecule has 3 aromatic carbocycles. The second kappa shape index (κ2) is 10.4. The van der Waals surface area contributed by atoms with Crippen molar-refractivity contribution in [2.75, 3.05) is 12.0 Å². The number of anilines is 1. The van der Waals surface area contributed by atoms with Crippen LogP contribution in [-0.4, -0.2) is 23.8 Å². The van der Waals surface area contributed by atoms with Gasteiger partial charge in [-0.25, -0.2) is 9.78 Å². The lowest BCUT2D eigenvalue weighted by atomic mass is 10.2. The van der Waals surface area contributed by atoms with Crippen molar-refractivity contribution in [2.24, 2.45) is 5.10 Å². The summed E-state index contributed by atoms with van der Waals surface area (Å²) in [7, 11) is 0. The zero-order valence-corrected chi connectivity index (χ0v) is 18.2. The van der Waals surface area contributed by atoms with Gasteiger partial charge in [0.2, 0.25) is 5.13 Å². The number of rotatable bonds is 8. The molecular weight excluding hydrogens is 422 g/mol. The summed E-state index contributed by atoms with van der Waals surface area (Å²) < 4.78 is 11.2. The van der Waals surface area contributed by atoms with Crippen molar-refractivity contribution in [3.63, 3.8) is 0 Å². The maximum Gasteiger partial charge on any atom is 0.343 e. The Kier molecular flexibility index (Phi) is 6.89. The van der Waals surface area contributed by atoms with Gasteiger partial charge in [-0.15, -0.1) is 11.3 Å². The first-order valence-electron chi connectivity index (χ1n) is 10.1. The van der Waals surface area contributed by atoms with Crippen molar-refractivity contribution in [1.82, 2.24) is 4.98 Å². The van der Waals surface area contributed by atoms with Crippen molar-refractivity contribution in [2.45, 2.75) is 6.92 Å². The molecule has 0 amide bonds. The average molecular weight is 444 g/mol. The molecule has 0 atom stereocenters. The number of esters is 1. The third-order valence-corrected chi connectivity index (χ3v) is 5.17. The molecule has 32 heavy (non-hydrogen) atoms. The number of carbonyl (C=O) groups excluding carboxylic acids is 1. The highest BCUT2D eigenvalue weighted by Crippen LogP contribution is 2.29. The topological polar surface area (TPSA) is 72.8 Å². The molecule has 0 saturated carbocycles. The number of ether oxygens (including phenoxy) is 2. The fourth-order valence-electron chi connectivity index (χ4n) is 2.92. The summed E-state index contributed by atoms with van der Waals surface area (Å²) in [4.78, 5) is 16.9. The van der Waals surface area contributed by atoms with Gasteiger partial charge in [-0.3, -0.25) is 5.43 Å². The van der Waals surface area contributed by atoms with Gasteiger partial charge in [-0.05, 0) is 42.8 Å². The van der Waals surface area contributed by atoms with E-state index in [9.17, 15) is 4.79 Å². The summed E-state index contributed by atoms with van der Waals surface area (Å²) in [6.07, 6.45) is 1.66. The number of hydrazone groups is 1. The average Bonchev–Trinajstić information content (AvgIpc) is 3.31. The van der Waals surface area contributed by atoms with E-state index in [1.54, 1.807) is 48.7 Å². The van der Waals surface area contributed by atoms with Crippen LogP contribution in [0.15, 0.2) is 89.3 Å². The third-order valence-electron chi connectivity index (χ3n) is 4.43. The highest BCUT2D eigenvalue weighted by molar-refractivity contribution is 7.14. The Balaban J connectivity index is 1.44. The Labute approximate surface area is 190 Å². The largest absolute Gasteiger partial charge is 0.490 e. The molecule has 1 heterocycles. The lowest BCUT2D eigenvalue weighted by Crippen LogP contribution is -2.09. The summed E-state index contributed by atoms with van der Waals surface area (Å²) in [5.41, 5.74) is 6.18. The van der Waals surface area contributed by atoms with Gasteiger partial charge in [0.15, 0.2) is 11.5 Å². The summed E-state index contributed by atoms with van der Waals surface area (Å²) in [5.74, 6) is 0.396. The van der Waals surface area contributed by atoms with Gasteiger partial charge in [0.25, 0.3) is 0 Å². The Morgan fingerprint density at radius 1 is 1.03 bits per heavy atom. The van der Waals surface area contributed by atoms with Crippen molar-refractivity contribution in [3.05, 3.63) is 95.4 Å². The van der Waals surface area contributed by atoms with Gasteiger partial charge in [-0.1, -0.05) is 48.5 Å². The van der Waals surface area contributed by atoms with E-state index in [4.69, 9.17) is 9.47 Å². The number of aromatic nitrogens is 1. The van der Waals surface area contributed by atoms with Gasteiger partial charge in [0.05, 0.1) is 24.1 Å². The minimum absolute atomic E-state index is 0.359. The van der Waals surface area contributed by atoms with Crippen LogP contribution >= 0.6 is 11.3 Å². The molecule has 0 aliphatic heterocycles. The molecule has 1 aromatic heterocycles. The van der Waals surface area contributed by atoms with E-state index in [0.29, 0.717) is 28.8 Å². The normalized spacial score (nSPS) is 10.8. The minimum Gasteiger partial charge on any atom is -0.490 e. The van der Waals surface area contributed by atoms with Crippen LogP contribution in [0.2, 0.25) is 0 Å². The number of hydrogen-bond acceptors (Lipinski definition) is 7. The van der Waals surface area contributed by atoms with Gasteiger partial charge in [0, 0.05) is 10.9 Å². The molecule has 0 aliphatic carbocycles. The molecule has 0 unspecified atom stereocenters. The van der Waals surface area contributed by atoms with E-state index in [2.05, 4.69) is 15.5 Å². The van der Waals surface area contributed by atoms with Crippen LogP contribution < -0.4 is 14.9 Å². The molecule has 0 radical (unpaired) electrons. The summed E-state index contributed by atoms with van der Waals surface area (Å²) >= 11 is 1.48. The standard InChI is InChI=1S/C25H21N3O3S/c1-2-30-23-15-18(13-14-22(23)31-24(29)20-11-7-4-8-12-20)16-26-28-25-27-21(17-32-25)19-9-5-3-6-10-19/h3-17H,2H2,1H3,(H,27,28)/b26-16-. The molecule has 6 nitrogen and oxygen atoms in total. The molecular formula is C25H21N3O3S. The predicted molar refractivity (Wildman–Crippen MR) is 128 cm³/mol. The smallest absolute Gasteiger partial charge is 0.343 e. The van der Waals surface area contributed by atoms with Gasteiger partial charge in [0.1, 0.15) is 0 Å². The fourth-order valence-corrected chi connectivity index (χ4v) is 3.59. The number of nitrogens with one attached hydrogen (secondary N) is 1. The summed E-state index contributed by atoms with van der Waals surface area (Å²) in [5, 5.41) is 6.94. The van der Waals surface area contributed by atoms with E-state index in [-0.39, 0.29) is 0 Å². The quantitative estimate of drug-likeness (QED) is 0.159. The lowest BCUT2D eigenvalue weighted by molar-refractivity contribution is 0.0728. The van der Waals surface area contributed by atoms with E-state index >= 15 is 0 Å². The van der Waals surface area contributed by atoms with Crippen molar-refractivity contribution in [1.29, 1.82) is 0 Å². The van der Waals surface area contributed by atoms with Crippen molar-refractivity contribution in [3.8, 4) is 22.8 Å². The Bertz CT molecular complexity index is 1210. The number of hydrogen-bond donors (Lipinski definition) is 1. The van der Waals surface area contributed by atoms with E-state index in [1.807, 2.05) is 48.7 Å². The molecule has 4 rings (SSSR count). The fraction of sp³-hybridized carbons (Fsp3) is 0.0800. The van der Waals surface area contributed by atoms with Crippen LogP contribution in [0.1, 0.15) is 22.8 Å². The second-order valence-corrected chi connectivity index (χ2v) is 7.53. The Morgan fingerprint density at radius 3 is 2.53 bits per heavy atom. The Hall–Kier alpha value is -3.97. The molecule has 0 bridgehead atoms. The second-order valence-electron chi connectivity index (χ2n) is 6.67. The molecule has 0 spiro atoms. The monoisotopic (exact) mass is 443 g/mol. The zero-order valence-electron chi connectivity index (χ0n) is 17.4. The summed E-state index contributed by atoms with van der Waals surface area (Å²) in [6, 6.07) is 24.1. The van der Waals surface area contributed by atoms with Gasteiger partial charge in [-0.2, -0.15) is 5.10 Å². The molecule has 4 aromatic rings. The van der Waals surface area contributed by atoms with Crippen LogP contribution in [0.3, 0.4) is 0 Å². The van der Waals surface area contributed by atoms with Crippen molar-refractivity contribution >= 4 is 28.7 Å². The van der Waals surface area contributed by atoms with Crippen LogP contribution in [0.5, 0.6) is 11.5 Å². The Morgan fingerprint density at radius 2 is 1.78 bits per heavy atom. The number of thiazole rings is 1. The van der Waals surface area contributed by atoms with Crippen LogP contribution in [0.25, 0.3) is 11.3 Å². The maximum atomic E-state index is 12.4. The highest BCUT2D eigenvalue weighted by Gasteiger charge is 2.13. The molecule has 0 aliphatic rings. The molecule has 0 fully saturated rings. The minimum atomic E-state index is -0.437. The van der Waals surface area contributed by atoms with E-state index in [1.165, 1.54) is 11.3 Å². The van der Waals surface area contributed by atoms with Gasteiger partial charge < -0.3 is 9.47 Å². The highest BCUT2D eigenvalue weighted by atomic mass is 32.1. The summed E-state index contributed by atoms with van der Waals surface area (Å²) in [6.45, 7) is 2.31.